The Balaban J connectivity index is 1.72. The standard InChI is InChI=1S/C22H20N2O/c1-24(2)21-9-11-22(12-10-21)25-16-18-6-4-8-20(14-18)19-7-3-5-17(13-19)15-23/h3-14H,16H2,1-2H3. The number of ether oxygens (including phenoxy) is 1. The molecule has 0 aliphatic rings. The van der Waals surface area contributed by atoms with Crippen LogP contribution in [0.25, 0.3) is 11.1 Å². The first-order valence-corrected chi connectivity index (χ1v) is 8.15. The van der Waals surface area contributed by atoms with Crippen molar-refractivity contribution in [2.75, 3.05) is 19.0 Å². The highest BCUT2D eigenvalue weighted by atomic mass is 16.5. The van der Waals surface area contributed by atoms with Crippen molar-refractivity contribution >= 4 is 5.69 Å². The topological polar surface area (TPSA) is 36.3 Å². The summed E-state index contributed by atoms with van der Waals surface area (Å²) >= 11 is 0. The first-order chi connectivity index (χ1) is 12.2. The van der Waals surface area contributed by atoms with Gasteiger partial charge in [-0.25, -0.2) is 0 Å². The lowest BCUT2D eigenvalue weighted by Gasteiger charge is -2.13. The number of hydrogen-bond donors (Lipinski definition) is 0. The molecule has 0 amide bonds. The van der Waals surface area contributed by atoms with Crippen LogP contribution in [0.1, 0.15) is 11.1 Å². The van der Waals surface area contributed by atoms with Gasteiger partial charge in [0.2, 0.25) is 0 Å². The molecule has 25 heavy (non-hydrogen) atoms. The van der Waals surface area contributed by atoms with Gasteiger partial charge >= 0.3 is 0 Å². The van der Waals surface area contributed by atoms with Gasteiger partial charge in [-0.05, 0) is 59.2 Å². The van der Waals surface area contributed by atoms with Gasteiger partial charge in [-0.1, -0.05) is 30.3 Å². The SMILES string of the molecule is CN(C)c1ccc(OCc2cccc(-c3cccc(C#N)c3)c2)cc1. The Morgan fingerprint density at radius 2 is 1.56 bits per heavy atom. The quantitative estimate of drug-likeness (QED) is 0.670. The van der Waals surface area contributed by atoms with E-state index in [0.29, 0.717) is 12.2 Å². The maximum Gasteiger partial charge on any atom is 0.119 e. The summed E-state index contributed by atoms with van der Waals surface area (Å²) in [4.78, 5) is 2.06. The minimum absolute atomic E-state index is 0.507. The van der Waals surface area contributed by atoms with E-state index in [-0.39, 0.29) is 0 Å². The highest BCUT2D eigenvalue weighted by Gasteiger charge is 2.02. The van der Waals surface area contributed by atoms with Gasteiger partial charge in [0.05, 0.1) is 11.6 Å². The lowest BCUT2D eigenvalue weighted by molar-refractivity contribution is 0.306. The highest BCUT2D eigenvalue weighted by Crippen LogP contribution is 2.23. The molecule has 0 fully saturated rings. The minimum Gasteiger partial charge on any atom is -0.489 e. The van der Waals surface area contributed by atoms with E-state index in [1.54, 1.807) is 0 Å². The zero-order valence-electron chi connectivity index (χ0n) is 14.4. The van der Waals surface area contributed by atoms with Gasteiger partial charge in [-0.3, -0.25) is 0 Å². The van der Waals surface area contributed by atoms with Gasteiger partial charge in [0.1, 0.15) is 12.4 Å². The van der Waals surface area contributed by atoms with E-state index in [0.717, 1.165) is 28.1 Å². The molecule has 3 nitrogen and oxygen atoms in total. The predicted molar refractivity (Wildman–Crippen MR) is 102 cm³/mol. The number of rotatable bonds is 5. The molecular weight excluding hydrogens is 308 g/mol. The molecule has 3 heteroatoms. The zero-order valence-corrected chi connectivity index (χ0v) is 14.4. The summed E-state index contributed by atoms with van der Waals surface area (Å²) < 4.78 is 5.89. The zero-order chi connectivity index (χ0) is 17.6. The van der Waals surface area contributed by atoms with E-state index in [9.17, 15) is 0 Å². The van der Waals surface area contributed by atoms with Gasteiger partial charge < -0.3 is 9.64 Å². The van der Waals surface area contributed by atoms with E-state index in [4.69, 9.17) is 10.00 Å². The van der Waals surface area contributed by atoms with Gasteiger partial charge in [0.15, 0.2) is 0 Å². The summed E-state index contributed by atoms with van der Waals surface area (Å²) in [6.45, 7) is 0.507. The van der Waals surface area contributed by atoms with Crippen molar-refractivity contribution in [2.24, 2.45) is 0 Å². The third kappa shape index (κ3) is 4.19. The van der Waals surface area contributed by atoms with Crippen molar-refractivity contribution in [1.82, 2.24) is 0 Å². The van der Waals surface area contributed by atoms with E-state index < -0.39 is 0 Å². The molecule has 0 spiro atoms. The van der Waals surface area contributed by atoms with Crippen LogP contribution in [0.2, 0.25) is 0 Å². The summed E-state index contributed by atoms with van der Waals surface area (Å²) in [5, 5.41) is 9.05. The Bertz CT molecular complexity index is 892. The molecular formula is C22H20N2O. The largest absolute Gasteiger partial charge is 0.489 e. The normalized spacial score (nSPS) is 10.1. The summed E-state index contributed by atoms with van der Waals surface area (Å²) in [5.41, 5.74) is 5.03. The fourth-order valence-electron chi connectivity index (χ4n) is 2.62. The third-order valence-electron chi connectivity index (χ3n) is 4.01. The summed E-state index contributed by atoms with van der Waals surface area (Å²) in [6, 6.07) is 26.1. The van der Waals surface area contributed by atoms with Crippen LogP contribution in [-0.2, 0) is 6.61 Å². The molecule has 124 valence electrons. The van der Waals surface area contributed by atoms with Crippen molar-refractivity contribution in [3.05, 3.63) is 83.9 Å². The van der Waals surface area contributed by atoms with Gasteiger partial charge in [0, 0.05) is 19.8 Å². The number of anilines is 1. The van der Waals surface area contributed by atoms with Crippen LogP contribution in [-0.4, -0.2) is 14.1 Å². The molecule has 0 unspecified atom stereocenters. The van der Waals surface area contributed by atoms with Crippen LogP contribution < -0.4 is 9.64 Å². The van der Waals surface area contributed by atoms with E-state index in [1.807, 2.05) is 80.8 Å². The Hall–Kier alpha value is -3.25. The minimum atomic E-state index is 0.507. The summed E-state index contributed by atoms with van der Waals surface area (Å²) in [5.74, 6) is 0.850. The van der Waals surface area contributed by atoms with Crippen LogP contribution in [0, 0.1) is 11.3 Å². The molecule has 0 saturated carbocycles. The maximum atomic E-state index is 9.05. The first-order valence-electron chi connectivity index (χ1n) is 8.15. The van der Waals surface area contributed by atoms with Crippen LogP contribution in [0.4, 0.5) is 5.69 Å². The highest BCUT2D eigenvalue weighted by molar-refractivity contribution is 5.65. The second-order valence-electron chi connectivity index (χ2n) is 6.07. The lowest BCUT2D eigenvalue weighted by atomic mass is 10.0. The second-order valence-corrected chi connectivity index (χ2v) is 6.07. The molecule has 0 radical (unpaired) electrons. The van der Waals surface area contributed by atoms with Crippen molar-refractivity contribution < 1.29 is 4.74 Å². The van der Waals surface area contributed by atoms with Crippen LogP contribution in [0.5, 0.6) is 5.75 Å². The van der Waals surface area contributed by atoms with Crippen molar-refractivity contribution in [2.45, 2.75) is 6.61 Å². The summed E-state index contributed by atoms with van der Waals surface area (Å²) in [7, 11) is 4.03. The third-order valence-corrected chi connectivity index (χ3v) is 4.01. The average Bonchev–Trinajstić information content (AvgIpc) is 2.67. The Labute approximate surface area is 148 Å². The molecule has 3 aromatic rings. The van der Waals surface area contributed by atoms with E-state index in [1.165, 1.54) is 0 Å². The fourth-order valence-corrected chi connectivity index (χ4v) is 2.62. The predicted octanol–water partition coefficient (Wildman–Crippen LogP) is 4.87. The van der Waals surface area contributed by atoms with Gasteiger partial charge in [-0.2, -0.15) is 5.26 Å². The van der Waals surface area contributed by atoms with Crippen LogP contribution >= 0.6 is 0 Å². The number of nitriles is 1. The lowest BCUT2D eigenvalue weighted by Crippen LogP contribution is -2.08. The maximum absolute atomic E-state index is 9.05. The van der Waals surface area contributed by atoms with E-state index >= 15 is 0 Å². The first kappa shape index (κ1) is 16.6. The molecule has 0 bridgehead atoms. The molecule has 0 aliphatic heterocycles. The van der Waals surface area contributed by atoms with Gasteiger partial charge in [0.25, 0.3) is 0 Å². The Morgan fingerprint density at radius 3 is 2.24 bits per heavy atom. The number of hydrogen-bond acceptors (Lipinski definition) is 3. The summed E-state index contributed by atoms with van der Waals surface area (Å²) in [6.07, 6.45) is 0. The molecule has 0 saturated heterocycles. The van der Waals surface area contributed by atoms with Crippen LogP contribution in [0.15, 0.2) is 72.8 Å². The van der Waals surface area contributed by atoms with E-state index in [2.05, 4.69) is 17.0 Å². The average molecular weight is 328 g/mol. The second kappa shape index (κ2) is 7.55. The molecule has 0 aromatic heterocycles. The molecule has 0 heterocycles. The van der Waals surface area contributed by atoms with Crippen molar-refractivity contribution in [3.8, 4) is 22.9 Å². The molecule has 0 aliphatic carbocycles. The Morgan fingerprint density at radius 1 is 0.880 bits per heavy atom. The smallest absolute Gasteiger partial charge is 0.119 e. The Kier molecular flexibility index (Phi) is 5.01. The van der Waals surface area contributed by atoms with Crippen molar-refractivity contribution in [3.63, 3.8) is 0 Å². The fraction of sp³-hybridized carbons (Fsp3) is 0.136. The number of benzene rings is 3. The molecule has 0 atom stereocenters. The van der Waals surface area contributed by atoms with Gasteiger partial charge in [-0.15, -0.1) is 0 Å². The van der Waals surface area contributed by atoms with Crippen LogP contribution in [0.3, 0.4) is 0 Å². The van der Waals surface area contributed by atoms with Crippen molar-refractivity contribution in [1.29, 1.82) is 5.26 Å². The number of nitrogens with zero attached hydrogens (tertiary/aromatic N) is 2. The monoisotopic (exact) mass is 328 g/mol. The molecule has 3 rings (SSSR count). The molecule has 0 N–H and O–H groups in total. The molecule has 3 aromatic carbocycles.